The summed E-state index contributed by atoms with van der Waals surface area (Å²) in [5.74, 6) is 0.882. The summed E-state index contributed by atoms with van der Waals surface area (Å²) in [6.07, 6.45) is 5.34. The van der Waals surface area contributed by atoms with Crippen molar-refractivity contribution < 1.29 is 9.47 Å². The summed E-state index contributed by atoms with van der Waals surface area (Å²) in [6, 6.07) is 50.1. The molecule has 0 N–H and O–H groups in total. The van der Waals surface area contributed by atoms with E-state index in [0.717, 1.165) is 17.7 Å². The first-order valence-electron chi connectivity index (χ1n) is 14.2. The maximum Gasteiger partial charge on any atom is 0.127 e. The molecule has 5 aromatic rings. The minimum atomic E-state index is -0.871. The summed E-state index contributed by atoms with van der Waals surface area (Å²) in [7, 11) is 1.89. The van der Waals surface area contributed by atoms with Crippen molar-refractivity contribution in [1.82, 2.24) is 0 Å². The van der Waals surface area contributed by atoms with Gasteiger partial charge in [0.05, 0.1) is 13.2 Å². The Kier molecular flexibility index (Phi) is 9.07. The van der Waals surface area contributed by atoms with E-state index in [1.165, 1.54) is 37.4 Å². The first-order valence-corrected chi connectivity index (χ1v) is 16.9. The lowest BCUT2D eigenvalue weighted by atomic mass is 9.93. The van der Waals surface area contributed by atoms with E-state index in [-0.39, 0.29) is 6.10 Å². The van der Waals surface area contributed by atoms with Crippen LogP contribution in [0.15, 0.2) is 157 Å². The zero-order valence-electron chi connectivity index (χ0n) is 23.9. The van der Waals surface area contributed by atoms with Gasteiger partial charge in [0.25, 0.3) is 0 Å². The van der Waals surface area contributed by atoms with Gasteiger partial charge in [0.15, 0.2) is 0 Å². The molecule has 0 aromatic heterocycles. The molecular weight excluding hydrogens is 550 g/mol. The Morgan fingerprint density at radius 3 is 1.48 bits per heavy atom. The summed E-state index contributed by atoms with van der Waals surface area (Å²) >= 11 is 0. The second-order valence-corrected chi connectivity index (χ2v) is 14.4. The second-order valence-electron chi connectivity index (χ2n) is 10.0. The predicted octanol–water partition coefficient (Wildman–Crippen LogP) is 7.27. The normalized spacial score (nSPS) is 14.9. The largest absolute Gasteiger partial charge is 0.496 e. The van der Waals surface area contributed by atoms with Crippen molar-refractivity contribution in [2.75, 3.05) is 14.2 Å². The summed E-state index contributed by atoms with van der Waals surface area (Å²) in [5.41, 5.74) is 2.38. The van der Waals surface area contributed by atoms with Crippen LogP contribution < -0.4 is 31.3 Å². The predicted molar refractivity (Wildman–Crippen MR) is 182 cm³/mol. The van der Waals surface area contributed by atoms with E-state index in [1.54, 1.807) is 7.11 Å². The van der Waals surface area contributed by atoms with Crippen LogP contribution in [0.4, 0.5) is 0 Å². The monoisotopic (exact) mass is 584 g/mol. The van der Waals surface area contributed by atoms with E-state index < -0.39 is 15.8 Å². The number of ether oxygens (including phenoxy) is 2. The Balaban J connectivity index is 1.68. The number of hydrogen-bond acceptors (Lipinski definition) is 2. The number of rotatable bonds is 9. The molecule has 0 fully saturated rings. The van der Waals surface area contributed by atoms with E-state index in [9.17, 15) is 0 Å². The summed E-state index contributed by atoms with van der Waals surface area (Å²) in [4.78, 5) is 0. The molecule has 1 atom stereocenters. The topological polar surface area (TPSA) is 18.5 Å². The molecule has 5 aromatic carbocycles. The Hall–Kier alpha value is -3.80. The van der Waals surface area contributed by atoms with E-state index in [0.29, 0.717) is 0 Å². The fraction of sp³-hybridized carbons (Fsp3) is 0.105. The van der Waals surface area contributed by atoms with Gasteiger partial charge < -0.3 is 9.47 Å². The van der Waals surface area contributed by atoms with Crippen LogP contribution in [-0.2, 0) is 4.74 Å². The first-order chi connectivity index (χ1) is 20.8. The average Bonchev–Trinajstić information content (AvgIpc) is 3.07. The van der Waals surface area contributed by atoms with Crippen LogP contribution in [0, 0.1) is 0 Å². The van der Waals surface area contributed by atoms with E-state index >= 15 is 0 Å². The zero-order chi connectivity index (χ0) is 28.7. The third-order valence-corrected chi connectivity index (χ3v) is 12.5. The maximum atomic E-state index is 6.31. The molecule has 0 spiro atoms. The van der Waals surface area contributed by atoms with Gasteiger partial charge in [-0.05, 0) is 60.2 Å². The average molecular weight is 585 g/mol. The summed E-state index contributed by atoms with van der Waals surface area (Å²) in [6.45, 7) is 0. The number of hydrogen-bond donors (Lipinski definition) is 0. The van der Waals surface area contributed by atoms with E-state index in [4.69, 9.17) is 9.47 Å². The van der Waals surface area contributed by atoms with Crippen molar-refractivity contribution >= 4 is 47.9 Å². The lowest BCUT2D eigenvalue weighted by molar-refractivity contribution is 0.150. The van der Waals surface area contributed by atoms with Crippen LogP contribution in [-0.4, -0.2) is 20.3 Å². The minimum absolute atomic E-state index is 0.0964. The highest BCUT2D eigenvalue weighted by Gasteiger charge is 2.33. The standard InChI is InChI=1S/C38H34O2P2/c1-39-33-25-15-27-35(41(29-17-7-3-8-18-29)30-19-9-4-10-20-30)37(33)38-34(40-2)26-16-28-36(38)42(31-21-11-5-12-22-31)32-23-13-6-14-24-32/h3-25,27-28,34H,26H2,1-2H3. The van der Waals surface area contributed by atoms with Gasteiger partial charge in [0.1, 0.15) is 5.75 Å². The van der Waals surface area contributed by atoms with Crippen LogP contribution in [0.5, 0.6) is 5.75 Å². The van der Waals surface area contributed by atoms with E-state index in [1.807, 2.05) is 7.11 Å². The number of allylic oxidation sites excluding steroid dienone is 2. The van der Waals surface area contributed by atoms with Gasteiger partial charge in [0, 0.05) is 18.2 Å². The van der Waals surface area contributed by atoms with Crippen molar-refractivity contribution in [2.45, 2.75) is 12.5 Å². The van der Waals surface area contributed by atoms with Crippen molar-refractivity contribution in [3.05, 3.63) is 163 Å². The molecule has 0 radical (unpaired) electrons. The van der Waals surface area contributed by atoms with Gasteiger partial charge in [-0.2, -0.15) is 0 Å². The molecule has 4 heteroatoms. The molecular formula is C38H34O2P2. The Labute approximate surface area is 251 Å². The maximum absolute atomic E-state index is 6.31. The molecule has 0 amide bonds. The van der Waals surface area contributed by atoms with Crippen LogP contribution in [0.3, 0.4) is 0 Å². The smallest absolute Gasteiger partial charge is 0.127 e. The molecule has 0 bridgehead atoms. The van der Waals surface area contributed by atoms with Gasteiger partial charge in [-0.1, -0.05) is 146 Å². The molecule has 1 aliphatic carbocycles. The van der Waals surface area contributed by atoms with Crippen molar-refractivity contribution in [2.24, 2.45) is 0 Å². The quantitative estimate of drug-likeness (QED) is 0.170. The lowest BCUT2D eigenvalue weighted by Crippen LogP contribution is -2.28. The van der Waals surface area contributed by atoms with E-state index in [2.05, 4.69) is 152 Å². The number of methoxy groups -OCH3 is 2. The molecule has 6 rings (SSSR count). The molecule has 42 heavy (non-hydrogen) atoms. The molecule has 0 aliphatic heterocycles. The van der Waals surface area contributed by atoms with Gasteiger partial charge >= 0.3 is 0 Å². The summed E-state index contributed by atoms with van der Waals surface area (Å²) in [5, 5.41) is 7.84. The van der Waals surface area contributed by atoms with Gasteiger partial charge in [0.2, 0.25) is 0 Å². The Bertz CT molecular complexity index is 1590. The minimum Gasteiger partial charge on any atom is -0.496 e. The molecule has 1 aliphatic rings. The molecule has 0 saturated heterocycles. The van der Waals surface area contributed by atoms with Crippen LogP contribution in [0.2, 0.25) is 0 Å². The second kappa shape index (κ2) is 13.5. The highest BCUT2D eigenvalue weighted by molar-refractivity contribution is 7.80. The fourth-order valence-corrected chi connectivity index (χ4v) is 10.7. The van der Waals surface area contributed by atoms with Gasteiger partial charge in [-0.25, -0.2) is 0 Å². The highest BCUT2D eigenvalue weighted by Crippen LogP contribution is 2.52. The SMILES string of the molecule is COc1cccc(P(c2ccccc2)c2ccccc2)c1C1=C(P(c2ccccc2)c2ccccc2)C=CCC1OC. The molecule has 2 nitrogen and oxygen atoms in total. The zero-order valence-corrected chi connectivity index (χ0v) is 25.7. The fourth-order valence-electron chi connectivity index (χ4n) is 5.68. The highest BCUT2D eigenvalue weighted by atomic mass is 31.1. The molecule has 1 unspecified atom stereocenters. The Morgan fingerprint density at radius 2 is 1.02 bits per heavy atom. The van der Waals surface area contributed by atoms with Crippen LogP contribution in [0.25, 0.3) is 5.57 Å². The molecule has 0 heterocycles. The van der Waals surface area contributed by atoms with Crippen LogP contribution in [0.1, 0.15) is 12.0 Å². The van der Waals surface area contributed by atoms with Gasteiger partial charge in [-0.3, -0.25) is 0 Å². The van der Waals surface area contributed by atoms with Crippen molar-refractivity contribution in [3.63, 3.8) is 0 Å². The van der Waals surface area contributed by atoms with Crippen molar-refractivity contribution in [1.29, 1.82) is 0 Å². The molecule has 208 valence electrons. The Morgan fingerprint density at radius 1 is 0.548 bits per heavy atom. The van der Waals surface area contributed by atoms with Crippen LogP contribution >= 0.6 is 15.8 Å². The van der Waals surface area contributed by atoms with Crippen molar-refractivity contribution in [3.8, 4) is 5.75 Å². The molecule has 0 saturated carbocycles. The first kappa shape index (κ1) is 28.3. The summed E-state index contributed by atoms with van der Waals surface area (Å²) < 4.78 is 12.5. The number of benzene rings is 5. The third kappa shape index (κ3) is 5.77. The van der Waals surface area contributed by atoms with Gasteiger partial charge in [-0.15, -0.1) is 0 Å². The third-order valence-electron chi connectivity index (χ3n) is 7.54. The lowest BCUT2D eigenvalue weighted by Gasteiger charge is -2.33.